The lowest BCUT2D eigenvalue weighted by atomic mass is 10.0. The summed E-state index contributed by atoms with van der Waals surface area (Å²) in [6.07, 6.45) is -3.56. The summed E-state index contributed by atoms with van der Waals surface area (Å²) in [7, 11) is 0. The van der Waals surface area contributed by atoms with Gasteiger partial charge >= 0.3 is 6.29 Å². The SMILES string of the molecule is FC1(F)Oc2cccc([C@@H]3CNCCN3)c2O1. The van der Waals surface area contributed by atoms with Crippen molar-refractivity contribution in [3.05, 3.63) is 23.8 Å². The molecule has 0 radical (unpaired) electrons. The summed E-state index contributed by atoms with van der Waals surface area (Å²) in [4.78, 5) is 0. The van der Waals surface area contributed by atoms with E-state index in [0.717, 1.165) is 13.1 Å². The number of nitrogens with one attached hydrogen (secondary N) is 2. The molecule has 0 saturated carbocycles. The summed E-state index contributed by atoms with van der Waals surface area (Å²) in [5, 5.41) is 6.45. The number of fused-ring (bicyclic) bond motifs is 1. The first kappa shape index (κ1) is 10.7. The molecular formula is C11H12F2N2O2. The third-order valence-electron chi connectivity index (χ3n) is 2.88. The summed E-state index contributed by atoms with van der Waals surface area (Å²) in [5.74, 6) is 0.235. The van der Waals surface area contributed by atoms with E-state index in [1.165, 1.54) is 6.07 Å². The van der Waals surface area contributed by atoms with Crippen molar-refractivity contribution < 1.29 is 18.3 Å². The number of benzene rings is 1. The molecule has 2 heterocycles. The minimum absolute atomic E-state index is 0.0313. The fourth-order valence-electron chi connectivity index (χ4n) is 2.14. The monoisotopic (exact) mass is 242 g/mol. The highest BCUT2D eigenvalue weighted by atomic mass is 19.3. The fraction of sp³-hybridized carbons (Fsp3) is 0.455. The molecule has 1 aromatic carbocycles. The Bertz CT molecular complexity index is 433. The van der Waals surface area contributed by atoms with Crippen molar-refractivity contribution in [2.24, 2.45) is 0 Å². The molecule has 6 heteroatoms. The van der Waals surface area contributed by atoms with Crippen molar-refractivity contribution in [3.63, 3.8) is 0 Å². The van der Waals surface area contributed by atoms with Crippen LogP contribution in [0.15, 0.2) is 18.2 Å². The molecule has 17 heavy (non-hydrogen) atoms. The van der Waals surface area contributed by atoms with Gasteiger partial charge in [-0.25, -0.2) is 0 Å². The molecule has 1 aromatic rings. The van der Waals surface area contributed by atoms with Crippen LogP contribution < -0.4 is 20.1 Å². The number of alkyl halides is 2. The molecule has 2 aliphatic rings. The number of hydrogen-bond acceptors (Lipinski definition) is 4. The molecule has 3 rings (SSSR count). The summed E-state index contributed by atoms with van der Waals surface area (Å²) in [6, 6.07) is 4.91. The molecule has 1 saturated heterocycles. The van der Waals surface area contributed by atoms with E-state index >= 15 is 0 Å². The van der Waals surface area contributed by atoms with E-state index in [1.807, 2.05) is 0 Å². The Labute approximate surface area is 96.9 Å². The van der Waals surface area contributed by atoms with Gasteiger partial charge in [-0.05, 0) is 6.07 Å². The predicted octanol–water partition coefficient (Wildman–Crippen LogP) is 1.24. The number of para-hydroxylation sites is 1. The van der Waals surface area contributed by atoms with Crippen LogP contribution in [0.5, 0.6) is 11.5 Å². The zero-order chi connectivity index (χ0) is 11.9. The normalized spacial score (nSPS) is 25.9. The van der Waals surface area contributed by atoms with Gasteiger partial charge in [-0.1, -0.05) is 12.1 Å². The molecule has 92 valence electrons. The van der Waals surface area contributed by atoms with Gasteiger partial charge in [0.05, 0.1) is 0 Å². The van der Waals surface area contributed by atoms with Crippen molar-refractivity contribution in [1.29, 1.82) is 0 Å². The summed E-state index contributed by atoms with van der Waals surface area (Å²) in [6.45, 7) is 2.36. The number of piperazine rings is 1. The number of hydrogen-bond donors (Lipinski definition) is 2. The zero-order valence-corrected chi connectivity index (χ0v) is 9.00. The first-order valence-electron chi connectivity index (χ1n) is 5.48. The van der Waals surface area contributed by atoms with E-state index < -0.39 is 6.29 Å². The Hall–Kier alpha value is -1.40. The molecule has 0 bridgehead atoms. The first-order valence-corrected chi connectivity index (χ1v) is 5.48. The maximum Gasteiger partial charge on any atom is 0.586 e. The smallest absolute Gasteiger partial charge is 0.395 e. The van der Waals surface area contributed by atoms with E-state index in [0.29, 0.717) is 12.1 Å². The Morgan fingerprint density at radius 1 is 1.24 bits per heavy atom. The third-order valence-corrected chi connectivity index (χ3v) is 2.88. The average Bonchev–Trinajstić information content (AvgIpc) is 2.63. The lowest BCUT2D eigenvalue weighted by Gasteiger charge is -2.25. The van der Waals surface area contributed by atoms with Crippen LogP contribution in [0.3, 0.4) is 0 Å². The number of halogens is 2. The fourth-order valence-corrected chi connectivity index (χ4v) is 2.14. The maximum atomic E-state index is 13.0. The van der Waals surface area contributed by atoms with Crippen molar-refractivity contribution in [2.75, 3.05) is 19.6 Å². The minimum atomic E-state index is -3.56. The molecule has 0 unspecified atom stereocenters. The number of ether oxygens (including phenoxy) is 2. The van der Waals surface area contributed by atoms with Gasteiger partial charge in [0.15, 0.2) is 11.5 Å². The lowest BCUT2D eigenvalue weighted by Crippen LogP contribution is -2.42. The van der Waals surface area contributed by atoms with Crippen LogP contribution in [-0.2, 0) is 0 Å². The van der Waals surface area contributed by atoms with Crippen molar-refractivity contribution >= 4 is 0 Å². The van der Waals surface area contributed by atoms with Crippen LogP contribution in [0.4, 0.5) is 8.78 Å². The van der Waals surface area contributed by atoms with Crippen LogP contribution in [-0.4, -0.2) is 25.9 Å². The van der Waals surface area contributed by atoms with E-state index in [9.17, 15) is 8.78 Å². The van der Waals surface area contributed by atoms with E-state index in [4.69, 9.17) is 0 Å². The maximum absolute atomic E-state index is 13.0. The standard InChI is InChI=1S/C11H12F2N2O2/c12-11(13)16-9-3-1-2-7(10(9)17-11)8-6-14-4-5-15-8/h1-3,8,14-15H,4-6H2/t8-/m0/s1. The summed E-state index contributed by atoms with van der Waals surface area (Å²) >= 11 is 0. The summed E-state index contributed by atoms with van der Waals surface area (Å²) < 4.78 is 35.0. The predicted molar refractivity (Wildman–Crippen MR) is 56.3 cm³/mol. The van der Waals surface area contributed by atoms with Gasteiger partial charge in [-0.2, -0.15) is 0 Å². The molecule has 0 spiro atoms. The van der Waals surface area contributed by atoms with E-state index in [2.05, 4.69) is 20.1 Å². The average molecular weight is 242 g/mol. The van der Waals surface area contributed by atoms with Crippen LogP contribution in [0.2, 0.25) is 0 Å². The zero-order valence-electron chi connectivity index (χ0n) is 9.00. The van der Waals surface area contributed by atoms with Crippen LogP contribution in [0.1, 0.15) is 11.6 Å². The number of rotatable bonds is 1. The van der Waals surface area contributed by atoms with Crippen molar-refractivity contribution in [2.45, 2.75) is 12.3 Å². The minimum Gasteiger partial charge on any atom is -0.395 e. The Morgan fingerprint density at radius 2 is 2.12 bits per heavy atom. The molecule has 0 aliphatic carbocycles. The Balaban J connectivity index is 1.94. The van der Waals surface area contributed by atoms with Gasteiger partial charge < -0.3 is 20.1 Å². The van der Waals surface area contributed by atoms with Crippen molar-refractivity contribution in [3.8, 4) is 11.5 Å². The molecule has 1 fully saturated rings. The topological polar surface area (TPSA) is 42.5 Å². The van der Waals surface area contributed by atoms with Gasteiger partial charge in [0.1, 0.15) is 0 Å². The van der Waals surface area contributed by atoms with Crippen LogP contribution in [0, 0.1) is 0 Å². The first-order chi connectivity index (χ1) is 8.16. The molecular weight excluding hydrogens is 230 g/mol. The van der Waals surface area contributed by atoms with Gasteiger partial charge in [0.2, 0.25) is 0 Å². The second-order valence-electron chi connectivity index (χ2n) is 4.05. The highest BCUT2D eigenvalue weighted by molar-refractivity contribution is 5.50. The molecule has 4 nitrogen and oxygen atoms in total. The second kappa shape index (κ2) is 3.82. The third kappa shape index (κ3) is 1.94. The van der Waals surface area contributed by atoms with Gasteiger partial charge in [0.25, 0.3) is 0 Å². The molecule has 1 atom stereocenters. The summed E-state index contributed by atoms with van der Waals surface area (Å²) in [5.41, 5.74) is 0.701. The van der Waals surface area contributed by atoms with E-state index in [-0.39, 0.29) is 17.5 Å². The van der Waals surface area contributed by atoms with Crippen molar-refractivity contribution in [1.82, 2.24) is 10.6 Å². The largest absolute Gasteiger partial charge is 0.586 e. The Morgan fingerprint density at radius 3 is 2.88 bits per heavy atom. The highest BCUT2D eigenvalue weighted by Crippen LogP contribution is 2.45. The van der Waals surface area contributed by atoms with Gasteiger partial charge in [-0.3, -0.25) is 0 Å². The quantitative estimate of drug-likeness (QED) is 0.777. The molecule has 2 N–H and O–H groups in total. The Kier molecular flexibility index (Phi) is 2.41. The van der Waals surface area contributed by atoms with Gasteiger partial charge in [0, 0.05) is 31.2 Å². The molecule has 2 aliphatic heterocycles. The van der Waals surface area contributed by atoms with Crippen LogP contribution >= 0.6 is 0 Å². The molecule has 0 amide bonds. The van der Waals surface area contributed by atoms with Crippen LogP contribution in [0.25, 0.3) is 0 Å². The molecule has 0 aromatic heterocycles. The second-order valence-corrected chi connectivity index (χ2v) is 4.05. The van der Waals surface area contributed by atoms with E-state index in [1.54, 1.807) is 12.1 Å². The lowest BCUT2D eigenvalue weighted by molar-refractivity contribution is -0.287. The van der Waals surface area contributed by atoms with Gasteiger partial charge in [-0.15, -0.1) is 8.78 Å². The highest BCUT2D eigenvalue weighted by Gasteiger charge is 2.45.